The van der Waals surface area contributed by atoms with Crippen LogP contribution in [0.1, 0.15) is 40.6 Å². The lowest BCUT2D eigenvalue weighted by Crippen LogP contribution is -2.75. The van der Waals surface area contributed by atoms with Crippen LogP contribution in [-0.2, 0) is 22.4 Å². The van der Waals surface area contributed by atoms with Gasteiger partial charge in [-0.15, -0.1) is 11.3 Å². The zero-order valence-electron chi connectivity index (χ0n) is 20.1. The Labute approximate surface area is 226 Å². The van der Waals surface area contributed by atoms with Gasteiger partial charge in [0.1, 0.15) is 5.00 Å². The zero-order chi connectivity index (χ0) is 33.1. The number of carbonyl (C=O) groups excluding carboxylic acids is 2. The van der Waals surface area contributed by atoms with Gasteiger partial charge in [0.25, 0.3) is 0 Å². The van der Waals surface area contributed by atoms with Crippen molar-refractivity contribution in [2.75, 3.05) is 11.9 Å². The smallest absolute Gasteiger partial charge is 0.460 e. The van der Waals surface area contributed by atoms with Crippen molar-refractivity contribution in [1.29, 1.82) is 0 Å². The first-order chi connectivity index (χ1) is 18.6. The number of halogens is 17. The van der Waals surface area contributed by atoms with Crippen LogP contribution >= 0.6 is 11.3 Å². The number of nitrogens with one attached hydrogen (secondary N) is 1. The van der Waals surface area contributed by atoms with E-state index in [4.69, 9.17) is 0 Å². The molecule has 1 aliphatic rings. The Hall–Kier alpha value is -2.55. The van der Waals surface area contributed by atoms with Gasteiger partial charge in [0.05, 0.1) is 12.2 Å². The molecule has 0 fully saturated rings. The van der Waals surface area contributed by atoms with E-state index in [9.17, 15) is 84.2 Å². The van der Waals surface area contributed by atoms with Gasteiger partial charge >= 0.3 is 59.5 Å². The molecule has 1 N–H and O–H groups in total. The average Bonchev–Trinajstić information content (AvgIpc) is 3.20. The highest BCUT2D eigenvalue weighted by molar-refractivity contribution is 7.17. The number of carbonyl (C=O) groups is 2. The normalized spacial score (nSPS) is 16.2. The van der Waals surface area contributed by atoms with E-state index in [0.717, 1.165) is 5.32 Å². The lowest BCUT2D eigenvalue weighted by Gasteiger charge is -2.42. The predicted molar refractivity (Wildman–Crippen MR) is 106 cm³/mol. The van der Waals surface area contributed by atoms with Crippen LogP contribution in [0.25, 0.3) is 0 Å². The van der Waals surface area contributed by atoms with Gasteiger partial charge < -0.3 is 10.1 Å². The highest BCUT2D eigenvalue weighted by Crippen LogP contribution is 2.64. The molecule has 22 heteroatoms. The first-order valence-corrected chi connectivity index (χ1v) is 11.8. The number of aryl methyl sites for hydroxylation is 1. The van der Waals surface area contributed by atoms with Crippen LogP contribution in [0.2, 0.25) is 0 Å². The highest BCUT2D eigenvalue weighted by atomic mass is 32.1. The maximum Gasteiger partial charge on any atom is 0.460 e. The van der Waals surface area contributed by atoms with Crippen LogP contribution in [0, 0.1) is 0 Å². The molecule has 1 heterocycles. The number of hydrogen-bond donors (Lipinski definition) is 1. The van der Waals surface area contributed by atoms with Gasteiger partial charge in [0.2, 0.25) is 0 Å². The molecule has 0 atom stereocenters. The third-order valence-corrected chi connectivity index (χ3v) is 7.09. The number of rotatable bonds is 10. The predicted octanol–water partition coefficient (Wildman–Crippen LogP) is 7.75. The molecule has 0 unspecified atom stereocenters. The third kappa shape index (κ3) is 4.93. The van der Waals surface area contributed by atoms with Crippen LogP contribution in [0.15, 0.2) is 0 Å². The molecule has 0 saturated carbocycles. The SMILES string of the molecule is CCOC(=O)c1c(NC(=O)C(F)(F)C(F)(F)C(F)(F)C(F)(F)C(F)(F)C(F)(F)C(F)(F)C(F)(F)F)sc2c1CCCC2. The number of fused-ring (bicyclic) bond motifs is 1. The van der Waals surface area contributed by atoms with E-state index < -0.39 is 76.7 Å². The Morgan fingerprint density at radius 2 is 1.12 bits per heavy atom. The van der Waals surface area contributed by atoms with Crippen LogP contribution in [-0.4, -0.2) is 66.1 Å². The Morgan fingerprint density at radius 3 is 1.57 bits per heavy atom. The molecule has 1 aromatic rings. The van der Waals surface area contributed by atoms with Gasteiger partial charge in [-0.05, 0) is 38.2 Å². The lowest BCUT2D eigenvalue weighted by atomic mass is 9.89. The molecule has 242 valence electrons. The van der Waals surface area contributed by atoms with E-state index in [0.29, 0.717) is 12.8 Å². The summed E-state index contributed by atoms with van der Waals surface area (Å²) in [7, 11) is 0. The van der Waals surface area contributed by atoms with Crippen molar-refractivity contribution < 1.29 is 89.0 Å². The van der Waals surface area contributed by atoms with Gasteiger partial charge in [-0.3, -0.25) is 4.79 Å². The Morgan fingerprint density at radius 1 is 0.690 bits per heavy atom. The van der Waals surface area contributed by atoms with Gasteiger partial charge in [0, 0.05) is 4.88 Å². The van der Waals surface area contributed by atoms with Crippen LogP contribution in [0.4, 0.5) is 79.6 Å². The summed E-state index contributed by atoms with van der Waals surface area (Å²) in [6.45, 7) is 0.842. The summed E-state index contributed by atoms with van der Waals surface area (Å²) in [4.78, 5) is 24.4. The summed E-state index contributed by atoms with van der Waals surface area (Å²) in [5.74, 6) is -63.7. The third-order valence-electron chi connectivity index (χ3n) is 5.89. The van der Waals surface area contributed by atoms with Gasteiger partial charge in [-0.1, -0.05) is 0 Å². The van der Waals surface area contributed by atoms with Gasteiger partial charge in [-0.25, -0.2) is 4.79 Å². The standard InChI is InChI=1S/C20H14F17NO3S/c1-2-41-11(39)9-7-5-3-4-6-8(7)42-10(9)38-12(40)13(21,22)14(23,24)15(25,26)16(27,28)17(29,30)18(31,32)19(33,34)20(35,36)37/h2-6H2,1H3,(H,38,40). The molecule has 0 aromatic carbocycles. The minimum Gasteiger partial charge on any atom is -0.462 e. The quantitative estimate of drug-likeness (QED) is 0.205. The summed E-state index contributed by atoms with van der Waals surface area (Å²) >= 11 is 0.241. The molecule has 0 saturated heterocycles. The highest BCUT2D eigenvalue weighted by Gasteiger charge is 2.95. The van der Waals surface area contributed by atoms with E-state index in [1.54, 1.807) is 0 Å². The first kappa shape index (κ1) is 35.6. The average molecular weight is 671 g/mol. The van der Waals surface area contributed by atoms with E-state index in [1.807, 2.05) is 0 Å². The van der Waals surface area contributed by atoms with Crippen LogP contribution < -0.4 is 5.32 Å². The van der Waals surface area contributed by atoms with Gasteiger partial charge in [0.15, 0.2) is 0 Å². The number of esters is 1. The van der Waals surface area contributed by atoms with Gasteiger partial charge in [-0.2, -0.15) is 74.6 Å². The molecule has 0 bridgehead atoms. The van der Waals surface area contributed by atoms with E-state index in [2.05, 4.69) is 4.74 Å². The lowest BCUT2D eigenvalue weighted by molar-refractivity contribution is -0.459. The first-order valence-electron chi connectivity index (χ1n) is 10.9. The Bertz CT molecular complexity index is 1210. The monoisotopic (exact) mass is 671 g/mol. The molecule has 1 aromatic heterocycles. The minimum atomic E-state index is -8.80. The fraction of sp³-hybridized carbons (Fsp3) is 0.700. The molecular weight excluding hydrogens is 657 g/mol. The van der Waals surface area contributed by atoms with E-state index in [1.165, 1.54) is 6.92 Å². The molecule has 4 nitrogen and oxygen atoms in total. The van der Waals surface area contributed by atoms with E-state index in [-0.39, 0.29) is 34.6 Å². The maximum atomic E-state index is 14.3. The van der Waals surface area contributed by atoms with Crippen molar-refractivity contribution in [2.24, 2.45) is 0 Å². The molecule has 0 radical (unpaired) electrons. The molecule has 42 heavy (non-hydrogen) atoms. The fourth-order valence-electron chi connectivity index (χ4n) is 3.56. The Balaban J connectivity index is 2.58. The summed E-state index contributed by atoms with van der Waals surface area (Å²) < 4.78 is 234. The summed E-state index contributed by atoms with van der Waals surface area (Å²) in [5, 5.41) is -0.229. The summed E-state index contributed by atoms with van der Waals surface area (Å²) in [5.41, 5.74) is -0.721. The second kappa shape index (κ2) is 10.6. The topological polar surface area (TPSA) is 55.4 Å². The Kier molecular flexibility index (Phi) is 8.96. The summed E-state index contributed by atoms with van der Waals surface area (Å²) in [6, 6.07) is 0. The largest absolute Gasteiger partial charge is 0.462 e. The minimum absolute atomic E-state index is 0.0125. The molecule has 2 rings (SSSR count). The van der Waals surface area contributed by atoms with Crippen molar-refractivity contribution in [2.45, 2.75) is 80.2 Å². The van der Waals surface area contributed by atoms with Crippen molar-refractivity contribution in [3.05, 3.63) is 16.0 Å². The summed E-state index contributed by atoms with van der Waals surface area (Å²) in [6.07, 6.45) is -6.99. The number of alkyl halides is 17. The second-order valence-corrected chi connectivity index (χ2v) is 9.71. The molecule has 1 amide bonds. The van der Waals surface area contributed by atoms with Crippen molar-refractivity contribution in [1.82, 2.24) is 0 Å². The molecule has 0 spiro atoms. The molecule has 0 aliphatic heterocycles. The number of ether oxygens (including phenoxy) is 1. The van der Waals surface area contributed by atoms with Crippen LogP contribution in [0.5, 0.6) is 0 Å². The number of amides is 1. The maximum absolute atomic E-state index is 14.3. The van der Waals surface area contributed by atoms with E-state index >= 15 is 0 Å². The second-order valence-electron chi connectivity index (χ2n) is 8.61. The number of anilines is 1. The zero-order valence-corrected chi connectivity index (χ0v) is 20.9. The molecule has 1 aliphatic carbocycles. The van der Waals surface area contributed by atoms with Crippen molar-refractivity contribution in [3.63, 3.8) is 0 Å². The van der Waals surface area contributed by atoms with Crippen LogP contribution in [0.3, 0.4) is 0 Å². The number of thiophene rings is 1. The fourth-order valence-corrected chi connectivity index (χ4v) is 4.83. The van der Waals surface area contributed by atoms with Crippen molar-refractivity contribution in [3.8, 4) is 0 Å². The van der Waals surface area contributed by atoms with Crippen molar-refractivity contribution >= 4 is 28.2 Å². The number of hydrogen-bond acceptors (Lipinski definition) is 4. The molecular formula is C20H14F17NO3S.